The van der Waals surface area contributed by atoms with Crippen LogP contribution in [0.3, 0.4) is 0 Å². The number of rotatable bonds is 3. The van der Waals surface area contributed by atoms with Crippen LogP contribution >= 0.6 is 0 Å². The smallest absolute Gasteiger partial charge is 0.241 e. The minimum atomic E-state index is -0.947. The number of aromatic nitrogens is 2. The maximum absolute atomic E-state index is 13.2. The first-order valence-electron chi connectivity index (χ1n) is 7.21. The standard InChI is InChI=1S/C15H17F2N3O2/c1-9-4-5-20(7-13(9)21)8-14-18-15(19-22-14)10-2-3-11(16)12(17)6-10/h2-3,6,9,13,21H,4-5,7-8H2,1H3. The van der Waals surface area contributed by atoms with Crippen LogP contribution in [-0.2, 0) is 6.54 Å². The van der Waals surface area contributed by atoms with E-state index in [1.165, 1.54) is 6.07 Å². The molecule has 1 fully saturated rings. The summed E-state index contributed by atoms with van der Waals surface area (Å²) in [6.07, 6.45) is 0.549. The number of nitrogens with zero attached hydrogens (tertiary/aromatic N) is 3. The van der Waals surface area contributed by atoms with Crippen molar-refractivity contribution >= 4 is 0 Å². The number of likely N-dealkylation sites (tertiary alicyclic amines) is 1. The fourth-order valence-electron chi connectivity index (χ4n) is 2.52. The molecule has 1 saturated heterocycles. The topological polar surface area (TPSA) is 62.4 Å². The Balaban J connectivity index is 1.70. The van der Waals surface area contributed by atoms with Crippen LogP contribution in [0.2, 0.25) is 0 Å². The highest BCUT2D eigenvalue weighted by Gasteiger charge is 2.25. The summed E-state index contributed by atoms with van der Waals surface area (Å²) in [4.78, 5) is 6.23. The Morgan fingerprint density at radius 3 is 2.91 bits per heavy atom. The molecule has 118 valence electrons. The van der Waals surface area contributed by atoms with Crippen LogP contribution in [0.1, 0.15) is 19.2 Å². The van der Waals surface area contributed by atoms with Gasteiger partial charge in [-0.2, -0.15) is 4.98 Å². The van der Waals surface area contributed by atoms with Gasteiger partial charge < -0.3 is 9.63 Å². The lowest BCUT2D eigenvalue weighted by molar-refractivity contribution is 0.0220. The van der Waals surface area contributed by atoms with E-state index < -0.39 is 11.6 Å². The summed E-state index contributed by atoms with van der Waals surface area (Å²) in [5.74, 6) is -0.959. The van der Waals surface area contributed by atoms with Gasteiger partial charge in [-0.25, -0.2) is 8.78 Å². The Hall–Kier alpha value is -1.86. The summed E-state index contributed by atoms with van der Waals surface area (Å²) in [6.45, 7) is 3.86. The largest absolute Gasteiger partial charge is 0.392 e. The van der Waals surface area contributed by atoms with E-state index in [4.69, 9.17) is 4.52 Å². The van der Waals surface area contributed by atoms with Gasteiger partial charge in [-0.3, -0.25) is 4.90 Å². The van der Waals surface area contributed by atoms with E-state index in [1.807, 2.05) is 11.8 Å². The molecule has 0 amide bonds. The molecule has 5 nitrogen and oxygen atoms in total. The first-order valence-corrected chi connectivity index (χ1v) is 7.21. The molecule has 0 radical (unpaired) electrons. The first kappa shape index (κ1) is 15.1. The molecule has 0 bridgehead atoms. The van der Waals surface area contributed by atoms with Gasteiger partial charge in [-0.15, -0.1) is 0 Å². The fourth-order valence-corrected chi connectivity index (χ4v) is 2.52. The summed E-state index contributed by atoms with van der Waals surface area (Å²) in [7, 11) is 0. The van der Waals surface area contributed by atoms with Crippen LogP contribution in [0.25, 0.3) is 11.4 Å². The molecule has 2 heterocycles. The molecule has 22 heavy (non-hydrogen) atoms. The van der Waals surface area contributed by atoms with Crippen molar-refractivity contribution in [1.29, 1.82) is 0 Å². The third kappa shape index (κ3) is 3.15. The highest BCUT2D eigenvalue weighted by Crippen LogP contribution is 2.21. The van der Waals surface area contributed by atoms with Gasteiger partial charge in [0.05, 0.1) is 12.6 Å². The summed E-state index contributed by atoms with van der Waals surface area (Å²) >= 11 is 0. The zero-order valence-corrected chi connectivity index (χ0v) is 12.2. The molecule has 1 aliphatic rings. The average molecular weight is 309 g/mol. The minimum absolute atomic E-state index is 0.222. The van der Waals surface area contributed by atoms with E-state index in [2.05, 4.69) is 10.1 Å². The SMILES string of the molecule is CC1CCN(Cc2nc(-c3ccc(F)c(F)c3)no2)CC1O. The van der Waals surface area contributed by atoms with E-state index in [-0.39, 0.29) is 17.8 Å². The van der Waals surface area contributed by atoms with Gasteiger partial charge in [0.15, 0.2) is 11.6 Å². The molecule has 3 rings (SSSR count). The van der Waals surface area contributed by atoms with Gasteiger partial charge >= 0.3 is 0 Å². The molecule has 0 spiro atoms. The Kier molecular flexibility index (Phi) is 4.17. The van der Waals surface area contributed by atoms with Crippen molar-refractivity contribution in [3.8, 4) is 11.4 Å². The summed E-state index contributed by atoms with van der Waals surface area (Å²) in [5, 5.41) is 13.7. The molecule has 1 aliphatic heterocycles. The molecule has 1 N–H and O–H groups in total. The van der Waals surface area contributed by atoms with Crippen LogP contribution < -0.4 is 0 Å². The van der Waals surface area contributed by atoms with E-state index in [0.717, 1.165) is 25.1 Å². The Morgan fingerprint density at radius 1 is 1.36 bits per heavy atom. The summed E-state index contributed by atoms with van der Waals surface area (Å²) < 4.78 is 31.3. The van der Waals surface area contributed by atoms with Crippen LogP contribution in [0.15, 0.2) is 22.7 Å². The summed E-state index contributed by atoms with van der Waals surface area (Å²) in [5.41, 5.74) is 0.362. The fraction of sp³-hybridized carbons (Fsp3) is 0.467. The Labute approximate surface area is 126 Å². The Bertz CT molecular complexity index is 662. The lowest BCUT2D eigenvalue weighted by atomic mass is 9.96. The second-order valence-corrected chi connectivity index (χ2v) is 5.71. The monoisotopic (exact) mass is 309 g/mol. The quantitative estimate of drug-likeness (QED) is 0.942. The Morgan fingerprint density at radius 2 is 2.18 bits per heavy atom. The van der Waals surface area contributed by atoms with Crippen molar-refractivity contribution in [1.82, 2.24) is 15.0 Å². The predicted molar refractivity (Wildman–Crippen MR) is 74.7 cm³/mol. The minimum Gasteiger partial charge on any atom is -0.392 e. The molecular weight excluding hydrogens is 292 g/mol. The van der Waals surface area contributed by atoms with Crippen LogP contribution in [0.4, 0.5) is 8.78 Å². The number of hydrogen-bond acceptors (Lipinski definition) is 5. The van der Waals surface area contributed by atoms with E-state index in [1.54, 1.807) is 0 Å². The highest BCUT2D eigenvalue weighted by molar-refractivity contribution is 5.54. The van der Waals surface area contributed by atoms with Gasteiger partial charge in [0.2, 0.25) is 11.7 Å². The van der Waals surface area contributed by atoms with Crippen molar-refractivity contribution in [2.45, 2.75) is 26.0 Å². The number of piperidine rings is 1. The molecule has 2 atom stereocenters. The molecule has 7 heteroatoms. The van der Waals surface area contributed by atoms with E-state index in [0.29, 0.717) is 24.5 Å². The van der Waals surface area contributed by atoms with Crippen LogP contribution in [0.5, 0.6) is 0 Å². The number of halogens is 2. The normalized spacial score (nSPS) is 22.9. The molecule has 0 saturated carbocycles. The van der Waals surface area contributed by atoms with Crippen molar-refractivity contribution in [2.75, 3.05) is 13.1 Å². The highest BCUT2D eigenvalue weighted by atomic mass is 19.2. The second-order valence-electron chi connectivity index (χ2n) is 5.71. The van der Waals surface area contributed by atoms with Gasteiger partial charge in [0.1, 0.15) is 0 Å². The van der Waals surface area contributed by atoms with E-state index >= 15 is 0 Å². The second kappa shape index (κ2) is 6.10. The van der Waals surface area contributed by atoms with Gasteiger partial charge in [-0.05, 0) is 37.1 Å². The molecular formula is C15H17F2N3O2. The van der Waals surface area contributed by atoms with Crippen molar-refractivity contribution in [3.05, 3.63) is 35.7 Å². The molecule has 2 aromatic rings. The molecule has 0 aliphatic carbocycles. The maximum Gasteiger partial charge on any atom is 0.241 e. The van der Waals surface area contributed by atoms with Gasteiger partial charge in [0, 0.05) is 12.1 Å². The molecule has 1 aromatic carbocycles. The molecule has 2 unspecified atom stereocenters. The van der Waals surface area contributed by atoms with Crippen LogP contribution in [0, 0.1) is 17.6 Å². The average Bonchev–Trinajstić information content (AvgIpc) is 2.94. The number of benzene rings is 1. The zero-order valence-electron chi connectivity index (χ0n) is 12.2. The lowest BCUT2D eigenvalue weighted by Crippen LogP contribution is -2.42. The third-order valence-electron chi connectivity index (χ3n) is 4.01. The number of β-amino-alcohol motifs (C(OH)–C–C–N with tert-alkyl or cyclic N) is 1. The van der Waals surface area contributed by atoms with Gasteiger partial charge in [0.25, 0.3) is 0 Å². The van der Waals surface area contributed by atoms with Crippen molar-refractivity contribution in [2.24, 2.45) is 5.92 Å². The third-order valence-corrected chi connectivity index (χ3v) is 4.01. The predicted octanol–water partition coefficient (Wildman–Crippen LogP) is 2.22. The number of hydrogen-bond donors (Lipinski definition) is 1. The molecule has 1 aromatic heterocycles. The zero-order chi connectivity index (χ0) is 15.7. The van der Waals surface area contributed by atoms with E-state index in [9.17, 15) is 13.9 Å². The van der Waals surface area contributed by atoms with Crippen LogP contribution in [-0.4, -0.2) is 39.3 Å². The first-order chi connectivity index (χ1) is 10.5. The lowest BCUT2D eigenvalue weighted by Gasteiger charge is -2.33. The van der Waals surface area contributed by atoms with Crippen molar-refractivity contribution < 1.29 is 18.4 Å². The number of aliphatic hydroxyl groups excluding tert-OH is 1. The number of aliphatic hydroxyl groups is 1. The van der Waals surface area contributed by atoms with Gasteiger partial charge in [-0.1, -0.05) is 12.1 Å². The maximum atomic E-state index is 13.2. The summed E-state index contributed by atoms with van der Waals surface area (Å²) in [6, 6.07) is 3.47. The van der Waals surface area contributed by atoms with Crippen molar-refractivity contribution in [3.63, 3.8) is 0 Å².